The molecule has 0 aliphatic rings. The summed E-state index contributed by atoms with van der Waals surface area (Å²) in [4.78, 5) is 34.9. The lowest BCUT2D eigenvalue weighted by Crippen LogP contribution is -2.33. The van der Waals surface area contributed by atoms with E-state index in [0.29, 0.717) is 34.9 Å². The van der Waals surface area contributed by atoms with Gasteiger partial charge in [-0.2, -0.15) is 0 Å². The zero-order valence-corrected chi connectivity index (χ0v) is 17.9. The minimum atomic E-state index is -0.335. The molecular formula is C25H23N3O4. The molecule has 0 bridgehead atoms. The molecule has 7 nitrogen and oxygen atoms in total. The first kappa shape index (κ1) is 21.1. The molecule has 0 fully saturated rings. The van der Waals surface area contributed by atoms with Crippen LogP contribution < -0.4 is 19.9 Å². The third kappa shape index (κ3) is 4.32. The number of aromatic nitrogens is 2. The molecule has 2 aromatic heterocycles. The number of H-pyrrole nitrogens is 1. The third-order valence-corrected chi connectivity index (χ3v) is 5.04. The van der Waals surface area contributed by atoms with Gasteiger partial charge in [-0.3, -0.25) is 19.5 Å². The van der Waals surface area contributed by atoms with Gasteiger partial charge in [-0.1, -0.05) is 18.2 Å². The standard InChI is InChI=1S/C25H23N3O4/c1-3-32-19-11-12-20-17(15-19)14-18(24(29)27-20)16-28(22-9-4-5-10-23(22)31-2)25(30)21-8-6-7-13-26-21/h4-15H,3,16H2,1-2H3,(H,27,29). The maximum Gasteiger partial charge on any atom is 0.277 e. The summed E-state index contributed by atoms with van der Waals surface area (Å²) in [5, 5.41) is 0.816. The Balaban J connectivity index is 1.80. The van der Waals surface area contributed by atoms with Crippen LogP contribution >= 0.6 is 0 Å². The van der Waals surface area contributed by atoms with Crippen molar-refractivity contribution >= 4 is 22.5 Å². The van der Waals surface area contributed by atoms with Crippen molar-refractivity contribution in [1.82, 2.24) is 9.97 Å². The highest BCUT2D eigenvalue weighted by molar-refractivity contribution is 6.05. The van der Waals surface area contributed by atoms with Crippen LogP contribution in [0.2, 0.25) is 0 Å². The molecule has 0 unspecified atom stereocenters. The molecule has 4 aromatic rings. The summed E-state index contributed by atoms with van der Waals surface area (Å²) in [5.41, 5.74) is 1.68. The number of hydrogen-bond donors (Lipinski definition) is 1. The summed E-state index contributed by atoms with van der Waals surface area (Å²) < 4.78 is 11.1. The van der Waals surface area contributed by atoms with Crippen LogP contribution in [0.4, 0.5) is 5.69 Å². The summed E-state index contributed by atoms with van der Waals surface area (Å²) in [5.74, 6) is 0.898. The fraction of sp³-hybridized carbons (Fsp3) is 0.160. The normalized spacial score (nSPS) is 10.7. The van der Waals surface area contributed by atoms with Crippen molar-refractivity contribution < 1.29 is 14.3 Å². The molecular weight excluding hydrogens is 406 g/mol. The van der Waals surface area contributed by atoms with Gasteiger partial charge in [0.2, 0.25) is 0 Å². The van der Waals surface area contributed by atoms with Gasteiger partial charge < -0.3 is 14.5 Å². The molecule has 2 aromatic carbocycles. The smallest absolute Gasteiger partial charge is 0.277 e. The quantitative estimate of drug-likeness (QED) is 0.476. The number of anilines is 1. The average Bonchev–Trinajstić information content (AvgIpc) is 2.83. The summed E-state index contributed by atoms with van der Waals surface area (Å²) in [6.07, 6.45) is 1.56. The highest BCUT2D eigenvalue weighted by atomic mass is 16.5. The van der Waals surface area contributed by atoms with Crippen LogP contribution in [0.3, 0.4) is 0 Å². The van der Waals surface area contributed by atoms with E-state index in [2.05, 4.69) is 9.97 Å². The number of amides is 1. The summed E-state index contributed by atoms with van der Waals surface area (Å²) in [6, 6.07) is 19.6. The van der Waals surface area contributed by atoms with E-state index in [1.807, 2.05) is 37.3 Å². The highest BCUT2D eigenvalue weighted by Gasteiger charge is 2.23. The summed E-state index contributed by atoms with van der Waals surface area (Å²) in [7, 11) is 1.54. The van der Waals surface area contributed by atoms with Crippen molar-refractivity contribution in [2.45, 2.75) is 13.5 Å². The Morgan fingerprint density at radius 2 is 1.88 bits per heavy atom. The number of fused-ring (bicyclic) bond motifs is 1. The lowest BCUT2D eigenvalue weighted by Gasteiger charge is -2.24. The molecule has 0 saturated heterocycles. The monoisotopic (exact) mass is 429 g/mol. The number of rotatable bonds is 7. The number of methoxy groups -OCH3 is 1. The molecule has 0 aliphatic heterocycles. The first-order valence-electron chi connectivity index (χ1n) is 10.3. The SMILES string of the molecule is CCOc1ccc2[nH]c(=O)c(CN(C(=O)c3ccccn3)c3ccccc3OC)cc2c1. The van der Waals surface area contributed by atoms with Crippen LogP contribution in [-0.4, -0.2) is 29.6 Å². The number of ether oxygens (including phenoxy) is 2. The molecule has 0 radical (unpaired) electrons. The molecule has 0 spiro atoms. The Kier molecular flexibility index (Phi) is 6.17. The number of pyridine rings is 2. The van der Waals surface area contributed by atoms with Crippen molar-refractivity contribution in [2.24, 2.45) is 0 Å². The second kappa shape index (κ2) is 9.34. The van der Waals surface area contributed by atoms with E-state index in [9.17, 15) is 9.59 Å². The Morgan fingerprint density at radius 1 is 1.06 bits per heavy atom. The zero-order valence-electron chi connectivity index (χ0n) is 17.9. The van der Waals surface area contributed by atoms with Gasteiger partial charge in [-0.05, 0) is 55.5 Å². The van der Waals surface area contributed by atoms with Crippen LogP contribution in [0.25, 0.3) is 10.9 Å². The second-order valence-electron chi connectivity index (χ2n) is 7.08. The molecule has 0 saturated carbocycles. The van der Waals surface area contributed by atoms with Crippen LogP contribution in [0.1, 0.15) is 23.0 Å². The maximum absolute atomic E-state index is 13.4. The van der Waals surface area contributed by atoms with Crippen LogP contribution in [-0.2, 0) is 6.54 Å². The number of carbonyl (C=O) groups is 1. The highest BCUT2D eigenvalue weighted by Crippen LogP contribution is 2.30. The molecule has 162 valence electrons. The van der Waals surface area contributed by atoms with Gasteiger partial charge in [-0.25, -0.2) is 0 Å². The van der Waals surface area contributed by atoms with E-state index in [-0.39, 0.29) is 23.7 Å². The number of hydrogen-bond acceptors (Lipinski definition) is 5. The van der Waals surface area contributed by atoms with Crippen LogP contribution in [0, 0.1) is 0 Å². The third-order valence-electron chi connectivity index (χ3n) is 5.04. The van der Waals surface area contributed by atoms with E-state index in [1.54, 1.807) is 49.7 Å². The molecule has 7 heteroatoms. The van der Waals surface area contributed by atoms with Crippen molar-refractivity contribution in [3.8, 4) is 11.5 Å². The molecule has 0 atom stereocenters. The number of para-hydroxylation sites is 2. The average molecular weight is 429 g/mol. The first-order chi connectivity index (χ1) is 15.6. The lowest BCUT2D eigenvalue weighted by atomic mass is 10.1. The summed E-state index contributed by atoms with van der Waals surface area (Å²) >= 11 is 0. The van der Waals surface area contributed by atoms with E-state index in [4.69, 9.17) is 9.47 Å². The van der Waals surface area contributed by atoms with E-state index in [0.717, 1.165) is 5.39 Å². The molecule has 4 rings (SSSR count). The fourth-order valence-corrected chi connectivity index (χ4v) is 3.52. The summed E-state index contributed by atoms with van der Waals surface area (Å²) in [6.45, 7) is 2.50. The Labute approximate surface area is 185 Å². The second-order valence-corrected chi connectivity index (χ2v) is 7.08. The molecule has 1 amide bonds. The van der Waals surface area contributed by atoms with E-state index < -0.39 is 0 Å². The van der Waals surface area contributed by atoms with E-state index in [1.165, 1.54) is 4.90 Å². The van der Waals surface area contributed by atoms with Crippen LogP contribution in [0.15, 0.2) is 77.7 Å². The van der Waals surface area contributed by atoms with Crippen molar-refractivity contribution in [3.63, 3.8) is 0 Å². The van der Waals surface area contributed by atoms with Gasteiger partial charge in [0.1, 0.15) is 17.2 Å². The van der Waals surface area contributed by atoms with Crippen molar-refractivity contribution in [1.29, 1.82) is 0 Å². The molecule has 1 N–H and O–H groups in total. The Bertz CT molecular complexity index is 1300. The van der Waals surface area contributed by atoms with Gasteiger partial charge in [0.25, 0.3) is 11.5 Å². The Morgan fingerprint density at radius 3 is 2.62 bits per heavy atom. The minimum Gasteiger partial charge on any atom is -0.495 e. The van der Waals surface area contributed by atoms with E-state index >= 15 is 0 Å². The largest absolute Gasteiger partial charge is 0.495 e. The van der Waals surface area contributed by atoms with Gasteiger partial charge in [0.15, 0.2) is 0 Å². The topological polar surface area (TPSA) is 84.5 Å². The molecule has 2 heterocycles. The zero-order chi connectivity index (χ0) is 22.5. The number of benzene rings is 2. The van der Waals surface area contributed by atoms with Crippen molar-refractivity contribution in [3.05, 3.63) is 94.5 Å². The van der Waals surface area contributed by atoms with Crippen molar-refractivity contribution in [2.75, 3.05) is 18.6 Å². The number of nitrogens with one attached hydrogen (secondary N) is 1. The minimum absolute atomic E-state index is 0.0416. The van der Waals surface area contributed by atoms with Gasteiger partial charge in [0, 0.05) is 22.7 Å². The fourth-order valence-electron chi connectivity index (χ4n) is 3.52. The first-order valence-corrected chi connectivity index (χ1v) is 10.3. The Hall–Kier alpha value is -4.13. The molecule has 0 aliphatic carbocycles. The van der Waals surface area contributed by atoms with Crippen LogP contribution in [0.5, 0.6) is 11.5 Å². The lowest BCUT2D eigenvalue weighted by molar-refractivity contribution is 0.0979. The number of aromatic amines is 1. The molecule has 32 heavy (non-hydrogen) atoms. The number of nitrogens with zero attached hydrogens (tertiary/aromatic N) is 2. The van der Waals surface area contributed by atoms with Gasteiger partial charge in [-0.15, -0.1) is 0 Å². The number of carbonyl (C=O) groups excluding carboxylic acids is 1. The van der Waals surface area contributed by atoms with Gasteiger partial charge >= 0.3 is 0 Å². The van der Waals surface area contributed by atoms with Gasteiger partial charge in [0.05, 0.1) is 25.9 Å². The predicted octanol–water partition coefficient (Wildman–Crippen LogP) is 4.18. The maximum atomic E-state index is 13.4. The predicted molar refractivity (Wildman–Crippen MR) is 123 cm³/mol.